The molecule has 0 saturated carbocycles. The zero-order chi connectivity index (χ0) is 19.7. The van der Waals surface area contributed by atoms with Crippen LogP contribution in [0.1, 0.15) is 18.1 Å². The second kappa shape index (κ2) is 7.47. The van der Waals surface area contributed by atoms with Crippen LogP contribution in [-0.2, 0) is 27.0 Å². The fraction of sp³-hybridized carbons (Fsp3) is 0.381. The largest absolute Gasteiger partial charge is 0.368 e. The van der Waals surface area contributed by atoms with E-state index in [1.54, 1.807) is 11.2 Å². The average molecular weight is 400 g/mol. The molecule has 2 heterocycles. The number of fused-ring (bicyclic) bond motifs is 1. The van der Waals surface area contributed by atoms with E-state index in [0.717, 1.165) is 55.1 Å². The van der Waals surface area contributed by atoms with Gasteiger partial charge in [0.2, 0.25) is 15.9 Å². The average Bonchev–Trinajstić information content (AvgIpc) is 3.13. The quantitative estimate of drug-likeness (QED) is 0.791. The molecule has 0 spiro atoms. The molecule has 28 heavy (non-hydrogen) atoms. The van der Waals surface area contributed by atoms with Crippen LogP contribution in [0.3, 0.4) is 0 Å². The highest BCUT2D eigenvalue weighted by molar-refractivity contribution is 7.92. The number of carbonyl (C=O) groups excluding carboxylic acids is 1. The van der Waals surface area contributed by atoms with Crippen molar-refractivity contribution in [2.24, 2.45) is 0 Å². The number of hydrogen-bond donors (Lipinski definition) is 0. The normalized spacial score (nSPS) is 17.0. The van der Waals surface area contributed by atoms with E-state index in [-0.39, 0.29) is 11.7 Å². The van der Waals surface area contributed by atoms with Crippen molar-refractivity contribution in [3.63, 3.8) is 0 Å². The molecule has 2 aliphatic rings. The Morgan fingerprint density at radius 1 is 0.964 bits per heavy atom. The van der Waals surface area contributed by atoms with Crippen LogP contribution in [0.2, 0.25) is 0 Å². The van der Waals surface area contributed by atoms with Crippen LogP contribution in [0.15, 0.2) is 48.5 Å². The van der Waals surface area contributed by atoms with Crippen LogP contribution < -0.4 is 9.21 Å². The van der Waals surface area contributed by atoms with Crippen LogP contribution in [0.25, 0.3) is 0 Å². The molecule has 0 N–H and O–H groups in total. The zero-order valence-corrected chi connectivity index (χ0v) is 16.9. The number of anilines is 2. The third-order valence-corrected chi connectivity index (χ3v) is 7.28. The first-order valence-corrected chi connectivity index (χ1v) is 11.2. The molecule has 0 aromatic heterocycles. The minimum absolute atomic E-state index is 0.0159. The monoisotopic (exact) mass is 399 g/mol. The summed E-state index contributed by atoms with van der Waals surface area (Å²) in [6.07, 6.45) is 0.727. The lowest BCUT2D eigenvalue weighted by molar-refractivity contribution is -0.129. The lowest BCUT2D eigenvalue weighted by Gasteiger charge is -2.35. The number of hydrogen-bond acceptors (Lipinski definition) is 4. The van der Waals surface area contributed by atoms with E-state index < -0.39 is 10.0 Å². The van der Waals surface area contributed by atoms with Crippen LogP contribution in [-0.4, -0.2) is 51.9 Å². The topological polar surface area (TPSA) is 60.9 Å². The molecular formula is C21H25N3O3S. The van der Waals surface area contributed by atoms with Gasteiger partial charge in [0, 0.05) is 45.3 Å². The lowest BCUT2D eigenvalue weighted by atomic mass is 10.1. The molecule has 0 atom stereocenters. The Bertz CT molecular complexity index is 968. The van der Waals surface area contributed by atoms with Gasteiger partial charge in [0.25, 0.3) is 0 Å². The predicted octanol–water partition coefficient (Wildman–Crippen LogP) is 2.25. The van der Waals surface area contributed by atoms with Crippen LogP contribution in [0.5, 0.6) is 0 Å². The molecule has 2 aromatic carbocycles. The number of nitrogens with zero attached hydrogens (tertiary/aromatic N) is 3. The number of sulfonamides is 1. The first-order valence-electron chi connectivity index (χ1n) is 9.62. The highest BCUT2D eigenvalue weighted by Gasteiger charge is 2.30. The first-order chi connectivity index (χ1) is 13.4. The van der Waals surface area contributed by atoms with Crippen molar-refractivity contribution in [2.75, 3.05) is 41.9 Å². The second-order valence-electron chi connectivity index (χ2n) is 7.37. The molecule has 4 rings (SSSR count). The molecule has 0 bridgehead atoms. The van der Waals surface area contributed by atoms with Crippen LogP contribution in [0.4, 0.5) is 11.4 Å². The van der Waals surface area contributed by atoms with Crippen molar-refractivity contribution >= 4 is 27.3 Å². The maximum Gasteiger partial charge on any atom is 0.239 e. The summed E-state index contributed by atoms with van der Waals surface area (Å²) in [7, 11) is -3.41. The van der Waals surface area contributed by atoms with Gasteiger partial charge in [-0.15, -0.1) is 0 Å². The van der Waals surface area contributed by atoms with Crippen molar-refractivity contribution < 1.29 is 13.2 Å². The second-order valence-corrected chi connectivity index (χ2v) is 9.26. The molecule has 7 heteroatoms. The Labute approximate surface area is 166 Å². The number of amides is 1. The Morgan fingerprint density at radius 3 is 2.36 bits per heavy atom. The van der Waals surface area contributed by atoms with E-state index in [2.05, 4.69) is 11.0 Å². The SMILES string of the molecule is CC(=O)N1CCN(c2ccc3c(c2)CCN3S(=O)(=O)Cc2ccccc2)CC1. The van der Waals surface area contributed by atoms with E-state index in [9.17, 15) is 13.2 Å². The Balaban J connectivity index is 1.50. The molecule has 1 saturated heterocycles. The fourth-order valence-electron chi connectivity index (χ4n) is 3.99. The summed E-state index contributed by atoms with van der Waals surface area (Å²) in [5.74, 6) is 0.134. The van der Waals surface area contributed by atoms with Crippen molar-refractivity contribution in [3.8, 4) is 0 Å². The summed E-state index contributed by atoms with van der Waals surface area (Å²) < 4.78 is 27.4. The van der Waals surface area contributed by atoms with Crippen LogP contribution in [0, 0.1) is 0 Å². The van der Waals surface area contributed by atoms with Gasteiger partial charge < -0.3 is 9.80 Å². The van der Waals surface area contributed by atoms with Crippen molar-refractivity contribution in [1.82, 2.24) is 4.90 Å². The Kier molecular flexibility index (Phi) is 5.02. The van der Waals surface area contributed by atoms with Gasteiger partial charge in [0.15, 0.2) is 0 Å². The molecule has 148 valence electrons. The molecule has 6 nitrogen and oxygen atoms in total. The number of rotatable bonds is 4. The highest BCUT2D eigenvalue weighted by Crippen LogP contribution is 2.34. The Morgan fingerprint density at radius 2 is 1.68 bits per heavy atom. The van der Waals surface area contributed by atoms with Gasteiger partial charge in [-0.2, -0.15) is 0 Å². The molecule has 2 aromatic rings. The summed E-state index contributed by atoms with van der Waals surface area (Å²) in [5.41, 5.74) is 3.77. The molecular weight excluding hydrogens is 374 g/mol. The summed E-state index contributed by atoms with van der Waals surface area (Å²) >= 11 is 0. The van der Waals surface area contributed by atoms with Gasteiger partial charge in [-0.25, -0.2) is 8.42 Å². The fourth-order valence-corrected chi connectivity index (χ4v) is 5.60. The molecule has 2 aliphatic heterocycles. The van der Waals surface area contributed by atoms with Crippen molar-refractivity contribution in [2.45, 2.75) is 19.1 Å². The predicted molar refractivity (Wildman–Crippen MR) is 111 cm³/mol. The van der Waals surface area contributed by atoms with E-state index in [4.69, 9.17) is 0 Å². The zero-order valence-electron chi connectivity index (χ0n) is 16.0. The molecule has 0 radical (unpaired) electrons. The molecule has 0 aliphatic carbocycles. The van der Waals surface area contributed by atoms with Gasteiger partial charge in [-0.3, -0.25) is 9.10 Å². The number of benzene rings is 2. The molecule has 1 fully saturated rings. The third kappa shape index (κ3) is 3.71. The third-order valence-electron chi connectivity index (χ3n) is 5.53. The minimum atomic E-state index is -3.41. The maximum atomic E-state index is 12.9. The van der Waals surface area contributed by atoms with Gasteiger partial charge in [-0.05, 0) is 35.7 Å². The van der Waals surface area contributed by atoms with Gasteiger partial charge >= 0.3 is 0 Å². The first kappa shape index (κ1) is 18.8. The summed E-state index contributed by atoms with van der Waals surface area (Å²) in [6, 6.07) is 15.3. The summed E-state index contributed by atoms with van der Waals surface area (Å²) in [4.78, 5) is 15.6. The van der Waals surface area contributed by atoms with Crippen molar-refractivity contribution in [3.05, 3.63) is 59.7 Å². The lowest BCUT2D eigenvalue weighted by Crippen LogP contribution is -2.48. The van der Waals surface area contributed by atoms with Gasteiger partial charge in [0.05, 0.1) is 11.4 Å². The Hall–Kier alpha value is -2.54. The van der Waals surface area contributed by atoms with E-state index in [1.807, 2.05) is 47.4 Å². The smallest absolute Gasteiger partial charge is 0.239 e. The molecule has 0 unspecified atom stereocenters. The summed E-state index contributed by atoms with van der Waals surface area (Å²) in [5, 5.41) is 0. The van der Waals surface area contributed by atoms with E-state index in [0.29, 0.717) is 6.54 Å². The van der Waals surface area contributed by atoms with Crippen LogP contribution >= 0.6 is 0 Å². The van der Waals surface area contributed by atoms with E-state index in [1.165, 1.54) is 0 Å². The highest BCUT2D eigenvalue weighted by atomic mass is 32.2. The molecule has 1 amide bonds. The number of carbonyl (C=O) groups is 1. The van der Waals surface area contributed by atoms with E-state index >= 15 is 0 Å². The van der Waals surface area contributed by atoms with Gasteiger partial charge in [0.1, 0.15) is 0 Å². The van der Waals surface area contributed by atoms with Gasteiger partial charge in [-0.1, -0.05) is 30.3 Å². The van der Waals surface area contributed by atoms with Crippen molar-refractivity contribution in [1.29, 1.82) is 0 Å². The number of piperazine rings is 1. The minimum Gasteiger partial charge on any atom is -0.368 e. The maximum absolute atomic E-state index is 12.9. The summed E-state index contributed by atoms with van der Waals surface area (Å²) in [6.45, 7) is 5.15. The standard InChI is InChI=1S/C21H25N3O3S/c1-17(25)22-11-13-23(14-12-22)20-7-8-21-19(15-20)9-10-24(21)28(26,27)16-18-5-3-2-4-6-18/h2-8,15H,9-14,16H2,1H3.